The van der Waals surface area contributed by atoms with Gasteiger partial charge in [0.15, 0.2) is 5.69 Å². The van der Waals surface area contributed by atoms with Gasteiger partial charge in [0.1, 0.15) is 5.82 Å². The quantitative estimate of drug-likeness (QED) is 0.746. The van der Waals surface area contributed by atoms with Crippen LogP contribution in [0.2, 0.25) is 0 Å². The van der Waals surface area contributed by atoms with Gasteiger partial charge in [-0.2, -0.15) is 5.10 Å². The summed E-state index contributed by atoms with van der Waals surface area (Å²) >= 11 is 0. The smallest absolute Gasteiger partial charge is 0.338 e. The van der Waals surface area contributed by atoms with Gasteiger partial charge in [-0.25, -0.2) is 4.79 Å². The van der Waals surface area contributed by atoms with Gasteiger partial charge in [-0.15, -0.1) is 0 Å². The highest BCUT2D eigenvalue weighted by Gasteiger charge is 2.24. The van der Waals surface area contributed by atoms with E-state index in [1.165, 1.54) is 4.68 Å². The molecule has 0 radical (unpaired) electrons. The molecular weight excluding hydrogens is 360 g/mol. The molecule has 0 spiro atoms. The molecule has 148 valence electrons. The van der Waals surface area contributed by atoms with Crippen LogP contribution in [-0.2, 0) is 16.6 Å². The van der Waals surface area contributed by atoms with Crippen molar-refractivity contribution in [2.45, 2.75) is 32.6 Å². The Morgan fingerprint density at radius 1 is 1.14 bits per heavy atom. The zero-order chi connectivity index (χ0) is 20.1. The lowest BCUT2D eigenvalue weighted by atomic mass is 10.1. The van der Waals surface area contributed by atoms with Crippen molar-refractivity contribution < 1.29 is 19.1 Å². The highest BCUT2D eigenvalue weighted by atomic mass is 16.5. The summed E-state index contributed by atoms with van der Waals surface area (Å²) in [6, 6.07) is 7.96. The van der Waals surface area contributed by atoms with Crippen molar-refractivity contribution in [3.63, 3.8) is 0 Å². The second kappa shape index (κ2) is 8.69. The van der Waals surface area contributed by atoms with Crippen LogP contribution in [0.5, 0.6) is 0 Å². The first-order chi connectivity index (χ1) is 13.5. The Hall–Kier alpha value is -3.16. The second-order valence-corrected chi connectivity index (χ2v) is 6.76. The van der Waals surface area contributed by atoms with E-state index in [4.69, 9.17) is 4.74 Å². The van der Waals surface area contributed by atoms with Crippen molar-refractivity contribution >= 4 is 29.3 Å². The number of hydrogen-bond donors (Lipinski definition) is 2. The molecule has 8 nitrogen and oxygen atoms in total. The van der Waals surface area contributed by atoms with E-state index in [1.54, 1.807) is 44.3 Å². The van der Waals surface area contributed by atoms with Crippen molar-refractivity contribution in [3.05, 3.63) is 41.6 Å². The maximum atomic E-state index is 12.5. The fourth-order valence-electron chi connectivity index (χ4n) is 3.21. The molecule has 0 aliphatic heterocycles. The van der Waals surface area contributed by atoms with E-state index in [-0.39, 0.29) is 17.5 Å². The van der Waals surface area contributed by atoms with Crippen LogP contribution in [0.4, 0.5) is 11.5 Å². The molecule has 1 fully saturated rings. The number of carbonyl (C=O) groups is 3. The van der Waals surface area contributed by atoms with Gasteiger partial charge in [-0.3, -0.25) is 14.3 Å². The third-order valence-electron chi connectivity index (χ3n) is 4.74. The van der Waals surface area contributed by atoms with Crippen LogP contribution in [-0.4, -0.2) is 34.2 Å². The van der Waals surface area contributed by atoms with E-state index < -0.39 is 11.9 Å². The molecular formula is C20H24N4O4. The summed E-state index contributed by atoms with van der Waals surface area (Å²) in [5, 5.41) is 9.75. The number of aromatic nitrogens is 2. The summed E-state index contributed by atoms with van der Waals surface area (Å²) < 4.78 is 6.41. The van der Waals surface area contributed by atoms with Gasteiger partial charge in [-0.1, -0.05) is 12.8 Å². The van der Waals surface area contributed by atoms with Gasteiger partial charge in [0.25, 0.3) is 5.91 Å². The molecule has 8 heteroatoms. The maximum absolute atomic E-state index is 12.5. The zero-order valence-electron chi connectivity index (χ0n) is 16.0. The number of rotatable bonds is 6. The number of ether oxygens (including phenoxy) is 1. The van der Waals surface area contributed by atoms with Crippen LogP contribution in [0.15, 0.2) is 30.3 Å². The fourth-order valence-corrected chi connectivity index (χ4v) is 3.21. The van der Waals surface area contributed by atoms with Crippen LogP contribution >= 0.6 is 0 Å². The van der Waals surface area contributed by atoms with Gasteiger partial charge < -0.3 is 15.4 Å². The van der Waals surface area contributed by atoms with Crippen LogP contribution in [0.1, 0.15) is 53.5 Å². The lowest BCUT2D eigenvalue weighted by Gasteiger charge is -2.09. The number of hydrogen-bond acceptors (Lipinski definition) is 5. The molecule has 0 saturated heterocycles. The van der Waals surface area contributed by atoms with Crippen molar-refractivity contribution in [3.8, 4) is 0 Å². The SMILES string of the molecule is CCOC(=O)c1ccc(NC(=O)c2cc(NC(=O)C3CCCC3)n(C)n2)cc1. The van der Waals surface area contributed by atoms with E-state index in [2.05, 4.69) is 15.7 Å². The molecule has 1 aromatic heterocycles. The summed E-state index contributed by atoms with van der Waals surface area (Å²) in [6.07, 6.45) is 3.95. The number of amides is 2. The highest BCUT2D eigenvalue weighted by molar-refractivity contribution is 6.04. The Labute approximate surface area is 163 Å². The van der Waals surface area contributed by atoms with Crippen LogP contribution in [0.25, 0.3) is 0 Å². The Morgan fingerprint density at radius 2 is 1.82 bits per heavy atom. The molecule has 28 heavy (non-hydrogen) atoms. The predicted molar refractivity (Wildman–Crippen MR) is 104 cm³/mol. The standard InChI is InChI=1S/C20H24N4O4/c1-3-28-20(27)14-8-10-15(11-9-14)21-19(26)16-12-17(24(2)23-16)22-18(25)13-6-4-5-7-13/h8-13H,3-7H2,1-2H3,(H,21,26)(H,22,25). The van der Waals surface area contributed by atoms with Crippen molar-refractivity contribution in [1.82, 2.24) is 9.78 Å². The number of aryl methyl sites for hydroxylation is 1. The zero-order valence-corrected chi connectivity index (χ0v) is 16.0. The summed E-state index contributed by atoms with van der Waals surface area (Å²) in [5.41, 5.74) is 1.13. The van der Waals surface area contributed by atoms with E-state index >= 15 is 0 Å². The minimum Gasteiger partial charge on any atom is -0.462 e. The van der Waals surface area contributed by atoms with Crippen LogP contribution in [0, 0.1) is 5.92 Å². The first kappa shape index (κ1) is 19.6. The molecule has 0 atom stereocenters. The number of nitrogens with zero attached hydrogens (tertiary/aromatic N) is 2. The first-order valence-electron chi connectivity index (χ1n) is 9.41. The van der Waals surface area contributed by atoms with Gasteiger partial charge in [-0.05, 0) is 44.0 Å². The summed E-state index contributed by atoms with van der Waals surface area (Å²) in [5.74, 6) is -0.319. The molecule has 1 aliphatic carbocycles. The number of anilines is 2. The minimum atomic E-state index is -0.409. The fraction of sp³-hybridized carbons (Fsp3) is 0.400. The lowest BCUT2D eigenvalue weighted by Crippen LogP contribution is -2.21. The second-order valence-electron chi connectivity index (χ2n) is 6.76. The molecule has 0 bridgehead atoms. The van der Waals surface area contributed by atoms with E-state index in [1.807, 2.05) is 0 Å². The highest BCUT2D eigenvalue weighted by Crippen LogP contribution is 2.26. The number of benzene rings is 1. The summed E-state index contributed by atoms with van der Waals surface area (Å²) in [4.78, 5) is 36.4. The minimum absolute atomic E-state index is 0.0259. The average molecular weight is 384 g/mol. The molecule has 0 unspecified atom stereocenters. The van der Waals surface area contributed by atoms with Crippen molar-refractivity contribution in [1.29, 1.82) is 0 Å². The molecule has 1 saturated carbocycles. The Morgan fingerprint density at radius 3 is 2.46 bits per heavy atom. The Balaban J connectivity index is 1.63. The van der Waals surface area contributed by atoms with E-state index in [0.717, 1.165) is 25.7 Å². The number of carbonyl (C=O) groups excluding carboxylic acids is 3. The molecule has 2 N–H and O–H groups in total. The molecule has 2 amide bonds. The normalized spacial score (nSPS) is 13.9. The maximum Gasteiger partial charge on any atom is 0.338 e. The van der Waals surface area contributed by atoms with E-state index in [9.17, 15) is 14.4 Å². The number of esters is 1. The Kier molecular flexibility index (Phi) is 6.08. The molecule has 2 aromatic rings. The summed E-state index contributed by atoms with van der Waals surface area (Å²) in [7, 11) is 1.68. The molecule has 1 aromatic carbocycles. The lowest BCUT2D eigenvalue weighted by molar-refractivity contribution is -0.119. The third kappa shape index (κ3) is 4.57. The van der Waals surface area contributed by atoms with Gasteiger partial charge >= 0.3 is 5.97 Å². The van der Waals surface area contributed by atoms with Crippen molar-refractivity contribution in [2.24, 2.45) is 13.0 Å². The summed E-state index contributed by atoms with van der Waals surface area (Å²) in [6.45, 7) is 2.04. The average Bonchev–Trinajstić information content (AvgIpc) is 3.33. The van der Waals surface area contributed by atoms with Crippen LogP contribution in [0.3, 0.4) is 0 Å². The third-order valence-corrected chi connectivity index (χ3v) is 4.74. The molecule has 1 heterocycles. The van der Waals surface area contributed by atoms with Gasteiger partial charge in [0.2, 0.25) is 5.91 Å². The Bertz CT molecular complexity index is 867. The monoisotopic (exact) mass is 384 g/mol. The largest absolute Gasteiger partial charge is 0.462 e. The number of nitrogens with one attached hydrogen (secondary N) is 2. The topological polar surface area (TPSA) is 102 Å². The van der Waals surface area contributed by atoms with Gasteiger partial charge in [0, 0.05) is 24.7 Å². The van der Waals surface area contributed by atoms with Crippen molar-refractivity contribution in [2.75, 3.05) is 17.2 Å². The predicted octanol–water partition coefficient (Wildman–Crippen LogP) is 2.98. The van der Waals surface area contributed by atoms with Crippen LogP contribution < -0.4 is 10.6 Å². The molecule has 3 rings (SSSR count). The molecule has 1 aliphatic rings. The van der Waals surface area contributed by atoms with Gasteiger partial charge in [0.05, 0.1) is 12.2 Å². The first-order valence-corrected chi connectivity index (χ1v) is 9.41. The van der Waals surface area contributed by atoms with E-state index in [0.29, 0.717) is 23.7 Å².